The molecule has 39 heavy (non-hydrogen) atoms. The molecule has 0 fully saturated rings. The number of amides is 3. The van der Waals surface area contributed by atoms with Crippen LogP contribution < -0.4 is 11.5 Å². The van der Waals surface area contributed by atoms with E-state index < -0.39 is 23.5 Å². The molecule has 0 spiro atoms. The lowest BCUT2D eigenvalue weighted by Crippen LogP contribution is -2.55. The highest BCUT2D eigenvalue weighted by molar-refractivity contribution is 7.09. The normalized spacial score (nSPS) is 12.9. The zero-order valence-electron chi connectivity index (χ0n) is 23.0. The maximum Gasteiger partial charge on any atom is 0.249 e. The number of carbonyl (C=O) groups excluding carboxylic acids is 3. The van der Waals surface area contributed by atoms with E-state index in [1.807, 2.05) is 72.1 Å². The highest BCUT2D eigenvalue weighted by Crippen LogP contribution is 2.22. The molecule has 0 aliphatic heterocycles. The fourth-order valence-electron chi connectivity index (χ4n) is 4.19. The van der Waals surface area contributed by atoms with Gasteiger partial charge in [0.2, 0.25) is 17.7 Å². The molecule has 8 nitrogen and oxygen atoms in total. The Kier molecular flexibility index (Phi) is 10.4. The second-order valence-electron chi connectivity index (χ2n) is 10.4. The third kappa shape index (κ3) is 8.74. The lowest BCUT2D eigenvalue weighted by Gasteiger charge is -2.34. The van der Waals surface area contributed by atoms with Gasteiger partial charge in [-0.05, 0) is 42.0 Å². The van der Waals surface area contributed by atoms with Crippen LogP contribution in [0.1, 0.15) is 24.3 Å². The van der Waals surface area contributed by atoms with E-state index in [0.29, 0.717) is 6.42 Å². The topological polar surface area (TPSA) is 119 Å². The maximum atomic E-state index is 13.9. The van der Waals surface area contributed by atoms with Gasteiger partial charge in [0.15, 0.2) is 0 Å². The third-order valence-electron chi connectivity index (χ3n) is 6.45. The van der Waals surface area contributed by atoms with E-state index in [0.717, 1.165) is 21.6 Å². The van der Waals surface area contributed by atoms with Crippen LogP contribution in [0.2, 0.25) is 0 Å². The molecular weight excluding hydrogens is 512 g/mol. The summed E-state index contributed by atoms with van der Waals surface area (Å²) in [6.07, 6.45) is 0.563. The molecule has 0 unspecified atom stereocenters. The highest BCUT2D eigenvalue weighted by atomic mass is 32.1. The molecule has 3 amide bonds. The van der Waals surface area contributed by atoms with E-state index in [2.05, 4.69) is 0 Å². The van der Waals surface area contributed by atoms with Crippen molar-refractivity contribution in [2.75, 3.05) is 27.3 Å². The van der Waals surface area contributed by atoms with Crippen molar-refractivity contribution in [2.45, 2.75) is 44.3 Å². The average Bonchev–Trinajstić information content (AvgIpc) is 3.42. The van der Waals surface area contributed by atoms with Gasteiger partial charge in [-0.1, -0.05) is 60.7 Å². The van der Waals surface area contributed by atoms with Crippen molar-refractivity contribution in [1.82, 2.24) is 9.80 Å². The molecule has 2 atom stereocenters. The number of nitrogens with zero attached hydrogens (tertiary/aromatic N) is 2. The Hall–Kier alpha value is -3.53. The second-order valence-corrected chi connectivity index (χ2v) is 11.5. The number of hydrogen-bond acceptors (Lipinski definition) is 6. The van der Waals surface area contributed by atoms with Crippen LogP contribution in [0.4, 0.5) is 0 Å². The lowest BCUT2D eigenvalue weighted by molar-refractivity contribution is -0.149. The van der Waals surface area contributed by atoms with Gasteiger partial charge in [0.05, 0.1) is 6.61 Å². The molecule has 1 aromatic heterocycles. The van der Waals surface area contributed by atoms with Gasteiger partial charge in [0, 0.05) is 37.4 Å². The number of rotatable bonds is 13. The number of carbonyl (C=O) groups is 3. The van der Waals surface area contributed by atoms with Crippen LogP contribution in [0, 0.1) is 0 Å². The largest absolute Gasteiger partial charge is 0.370 e. The molecule has 0 saturated carbocycles. The highest BCUT2D eigenvalue weighted by Gasteiger charge is 2.34. The van der Waals surface area contributed by atoms with Crippen LogP contribution in [0.5, 0.6) is 0 Å². The van der Waals surface area contributed by atoms with Gasteiger partial charge in [-0.3, -0.25) is 14.4 Å². The van der Waals surface area contributed by atoms with Gasteiger partial charge in [-0.15, -0.1) is 11.3 Å². The Labute approximate surface area is 234 Å². The summed E-state index contributed by atoms with van der Waals surface area (Å²) in [5.41, 5.74) is 14.1. The second kappa shape index (κ2) is 13.5. The van der Waals surface area contributed by atoms with Gasteiger partial charge < -0.3 is 26.0 Å². The first-order valence-corrected chi connectivity index (χ1v) is 13.7. The smallest absolute Gasteiger partial charge is 0.249 e. The maximum absolute atomic E-state index is 13.9. The quantitative estimate of drug-likeness (QED) is 0.339. The molecule has 3 aromatic rings. The Morgan fingerprint density at radius 3 is 2.08 bits per heavy atom. The first kappa shape index (κ1) is 30.0. The molecule has 208 valence electrons. The lowest BCUT2D eigenvalue weighted by atomic mass is 9.99. The van der Waals surface area contributed by atoms with Crippen molar-refractivity contribution in [1.29, 1.82) is 0 Å². The van der Waals surface area contributed by atoms with E-state index in [1.165, 1.54) is 21.1 Å². The summed E-state index contributed by atoms with van der Waals surface area (Å²) in [4.78, 5) is 43.0. The van der Waals surface area contributed by atoms with Crippen molar-refractivity contribution in [2.24, 2.45) is 11.5 Å². The Morgan fingerprint density at radius 2 is 1.51 bits per heavy atom. The van der Waals surface area contributed by atoms with Crippen molar-refractivity contribution < 1.29 is 19.1 Å². The van der Waals surface area contributed by atoms with Crippen molar-refractivity contribution in [3.63, 3.8) is 0 Å². The SMILES string of the molecule is CN(C(=O)COCC(C)(C)N)[C@H](Cc1ccc(-c2ccccc2)cc1)C(=O)N(C)[C@H](Cc1cccs1)C(N)=O. The van der Waals surface area contributed by atoms with Crippen LogP contribution in [0.15, 0.2) is 72.1 Å². The minimum absolute atomic E-state index is 0.191. The van der Waals surface area contributed by atoms with Crippen LogP contribution in [0.25, 0.3) is 11.1 Å². The molecule has 0 radical (unpaired) electrons. The van der Waals surface area contributed by atoms with Crippen LogP contribution >= 0.6 is 11.3 Å². The minimum Gasteiger partial charge on any atom is -0.370 e. The summed E-state index contributed by atoms with van der Waals surface area (Å²) >= 11 is 1.49. The zero-order valence-corrected chi connectivity index (χ0v) is 23.8. The van der Waals surface area contributed by atoms with E-state index in [-0.39, 0.29) is 31.4 Å². The van der Waals surface area contributed by atoms with E-state index in [4.69, 9.17) is 16.2 Å². The van der Waals surface area contributed by atoms with Gasteiger partial charge in [-0.2, -0.15) is 0 Å². The summed E-state index contributed by atoms with van der Waals surface area (Å²) < 4.78 is 5.53. The average molecular weight is 551 g/mol. The summed E-state index contributed by atoms with van der Waals surface area (Å²) in [5.74, 6) is -1.34. The molecular formula is C30H38N4O4S. The number of primary amides is 1. The molecule has 9 heteroatoms. The van der Waals surface area contributed by atoms with Crippen molar-refractivity contribution in [3.8, 4) is 11.1 Å². The summed E-state index contributed by atoms with van der Waals surface area (Å²) in [6.45, 7) is 3.58. The fraction of sp³-hybridized carbons (Fsp3) is 0.367. The number of benzene rings is 2. The first-order valence-electron chi connectivity index (χ1n) is 12.8. The van der Waals surface area contributed by atoms with Gasteiger partial charge in [0.1, 0.15) is 18.7 Å². The molecule has 1 heterocycles. The number of ether oxygens (including phenoxy) is 1. The molecule has 0 aliphatic rings. The molecule has 4 N–H and O–H groups in total. The van der Waals surface area contributed by atoms with Crippen molar-refractivity contribution in [3.05, 3.63) is 82.6 Å². The third-order valence-corrected chi connectivity index (χ3v) is 7.35. The van der Waals surface area contributed by atoms with Gasteiger partial charge >= 0.3 is 0 Å². The molecule has 0 saturated heterocycles. The van der Waals surface area contributed by atoms with E-state index in [1.54, 1.807) is 27.9 Å². The Morgan fingerprint density at radius 1 is 0.872 bits per heavy atom. The van der Waals surface area contributed by atoms with Gasteiger partial charge in [-0.25, -0.2) is 0 Å². The number of nitrogens with two attached hydrogens (primary N) is 2. The minimum atomic E-state index is -0.871. The summed E-state index contributed by atoms with van der Waals surface area (Å²) in [5, 5.41) is 1.91. The van der Waals surface area contributed by atoms with E-state index in [9.17, 15) is 14.4 Å². The molecule has 0 aliphatic carbocycles. The Balaban J connectivity index is 1.83. The van der Waals surface area contributed by atoms with Crippen LogP contribution in [-0.2, 0) is 32.0 Å². The summed E-state index contributed by atoms with van der Waals surface area (Å²) in [6, 6.07) is 19.9. The number of hydrogen-bond donors (Lipinski definition) is 2. The van der Waals surface area contributed by atoms with Crippen molar-refractivity contribution >= 4 is 29.1 Å². The zero-order chi connectivity index (χ0) is 28.6. The summed E-state index contributed by atoms with van der Waals surface area (Å²) in [7, 11) is 3.13. The Bertz CT molecular complexity index is 1220. The number of thiophene rings is 1. The standard InChI is InChI=1S/C30H38N4O4S/c1-30(2,32)20-38-19-27(35)33(3)26(17-21-12-14-23(15-13-21)22-9-6-5-7-10-22)29(37)34(4)25(28(31)36)18-24-11-8-16-39-24/h5-16,25-26H,17-20,32H2,1-4H3,(H2,31,36)/t25-,26-/m1/s1. The molecule has 2 aromatic carbocycles. The number of likely N-dealkylation sites (N-methyl/N-ethyl adjacent to an activating group) is 2. The fourth-order valence-corrected chi connectivity index (χ4v) is 4.93. The van der Waals surface area contributed by atoms with Crippen LogP contribution in [-0.4, -0.2) is 72.5 Å². The first-order chi connectivity index (χ1) is 18.5. The monoisotopic (exact) mass is 550 g/mol. The van der Waals surface area contributed by atoms with Crippen LogP contribution in [0.3, 0.4) is 0 Å². The molecule has 0 bridgehead atoms. The van der Waals surface area contributed by atoms with E-state index >= 15 is 0 Å². The predicted octanol–water partition coefficient (Wildman–Crippen LogP) is 3.09. The molecule has 3 rings (SSSR count). The predicted molar refractivity (Wildman–Crippen MR) is 155 cm³/mol. The van der Waals surface area contributed by atoms with Gasteiger partial charge in [0.25, 0.3) is 0 Å².